The number of benzene rings is 1. The summed E-state index contributed by atoms with van der Waals surface area (Å²) in [6.07, 6.45) is 0. The number of hydrogen-bond donors (Lipinski definition) is 1. The van der Waals surface area contributed by atoms with E-state index in [1.54, 1.807) is 0 Å². The smallest absolute Gasteiger partial charge is 0.169 e. The van der Waals surface area contributed by atoms with Crippen molar-refractivity contribution in [2.24, 2.45) is 5.73 Å². The second-order valence-corrected chi connectivity index (χ2v) is 5.21. The van der Waals surface area contributed by atoms with Crippen molar-refractivity contribution in [3.05, 3.63) is 56.4 Å². The first-order valence-corrected chi connectivity index (χ1v) is 6.44. The van der Waals surface area contributed by atoms with Crippen LogP contribution in [0.25, 0.3) is 0 Å². The van der Waals surface area contributed by atoms with Gasteiger partial charge in [-0.3, -0.25) is 0 Å². The van der Waals surface area contributed by atoms with E-state index in [9.17, 15) is 0 Å². The predicted octanol–water partition coefficient (Wildman–Crippen LogP) is 4.16. The molecule has 1 atom stereocenters. The fourth-order valence-electron chi connectivity index (χ4n) is 1.61. The van der Waals surface area contributed by atoms with Gasteiger partial charge in [0, 0.05) is 4.47 Å². The molecule has 84 valence electrons. The molecule has 0 aliphatic heterocycles. The van der Waals surface area contributed by atoms with Crippen LogP contribution in [0.2, 0.25) is 0 Å². The highest BCUT2D eigenvalue weighted by Gasteiger charge is 2.15. The van der Waals surface area contributed by atoms with Crippen LogP contribution in [0.15, 0.2) is 43.9 Å². The van der Waals surface area contributed by atoms with Gasteiger partial charge < -0.3 is 10.2 Å². The van der Waals surface area contributed by atoms with Crippen LogP contribution in [-0.2, 0) is 0 Å². The first kappa shape index (κ1) is 11.9. The number of nitrogens with two attached hydrogens (primary N) is 1. The minimum absolute atomic E-state index is 0.233. The molecule has 2 nitrogen and oxygen atoms in total. The van der Waals surface area contributed by atoms with E-state index in [4.69, 9.17) is 10.2 Å². The van der Waals surface area contributed by atoms with E-state index < -0.39 is 0 Å². The quantitative estimate of drug-likeness (QED) is 0.888. The third kappa shape index (κ3) is 2.24. The van der Waals surface area contributed by atoms with Gasteiger partial charge >= 0.3 is 0 Å². The van der Waals surface area contributed by atoms with Gasteiger partial charge in [0.05, 0.1) is 6.04 Å². The van der Waals surface area contributed by atoms with Crippen LogP contribution in [0.1, 0.15) is 22.9 Å². The van der Waals surface area contributed by atoms with Gasteiger partial charge in [0.25, 0.3) is 0 Å². The molecule has 0 radical (unpaired) electrons. The molecule has 0 spiro atoms. The lowest BCUT2D eigenvalue weighted by Gasteiger charge is -2.13. The molecule has 0 amide bonds. The minimum Gasteiger partial charge on any atom is -0.452 e. The highest BCUT2D eigenvalue weighted by atomic mass is 79.9. The molecule has 0 saturated carbocycles. The van der Waals surface area contributed by atoms with Gasteiger partial charge in [-0.15, -0.1) is 0 Å². The van der Waals surface area contributed by atoms with E-state index in [0.29, 0.717) is 4.67 Å². The van der Waals surface area contributed by atoms with Crippen LogP contribution in [0.3, 0.4) is 0 Å². The van der Waals surface area contributed by atoms with Crippen LogP contribution in [0.4, 0.5) is 0 Å². The Hall–Kier alpha value is -0.580. The van der Waals surface area contributed by atoms with Crippen LogP contribution >= 0.6 is 31.9 Å². The van der Waals surface area contributed by atoms with Crippen molar-refractivity contribution in [1.29, 1.82) is 0 Å². The zero-order chi connectivity index (χ0) is 11.7. The summed E-state index contributed by atoms with van der Waals surface area (Å²) < 4.78 is 7.23. The van der Waals surface area contributed by atoms with Crippen LogP contribution in [0.5, 0.6) is 0 Å². The summed E-state index contributed by atoms with van der Waals surface area (Å²) >= 11 is 6.77. The summed E-state index contributed by atoms with van der Waals surface area (Å²) in [5.41, 5.74) is 8.37. The highest BCUT2D eigenvalue weighted by molar-refractivity contribution is 9.10. The van der Waals surface area contributed by atoms with Crippen molar-refractivity contribution in [2.45, 2.75) is 13.0 Å². The van der Waals surface area contributed by atoms with Crippen molar-refractivity contribution in [1.82, 2.24) is 0 Å². The lowest BCUT2D eigenvalue weighted by molar-refractivity contribution is 0.469. The molecule has 0 aliphatic rings. The van der Waals surface area contributed by atoms with Crippen LogP contribution < -0.4 is 5.73 Å². The summed E-state index contributed by atoms with van der Waals surface area (Å²) in [7, 11) is 0. The Morgan fingerprint density at radius 1 is 1.19 bits per heavy atom. The molecule has 4 heteroatoms. The lowest BCUT2D eigenvalue weighted by Crippen LogP contribution is -2.12. The van der Waals surface area contributed by atoms with E-state index in [1.807, 2.05) is 37.3 Å². The first-order chi connectivity index (χ1) is 7.59. The Morgan fingerprint density at radius 3 is 2.56 bits per heavy atom. The SMILES string of the molecule is Cc1c(Br)cccc1C(N)c1ccc(Br)o1. The molecular formula is C12H11Br2NO. The average Bonchev–Trinajstić information content (AvgIpc) is 2.68. The normalized spacial score (nSPS) is 12.8. The molecule has 1 heterocycles. The third-order valence-electron chi connectivity index (χ3n) is 2.55. The van der Waals surface area contributed by atoms with Gasteiger partial charge in [-0.1, -0.05) is 28.1 Å². The summed E-state index contributed by atoms with van der Waals surface area (Å²) in [5, 5.41) is 0. The van der Waals surface area contributed by atoms with Crippen LogP contribution in [0, 0.1) is 6.92 Å². The fraction of sp³-hybridized carbons (Fsp3) is 0.167. The van der Waals surface area contributed by atoms with E-state index in [0.717, 1.165) is 21.4 Å². The molecule has 1 aromatic heterocycles. The highest BCUT2D eigenvalue weighted by Crippen LogP contribution is 2.29. The lowest BCUT2D eigenvalue weighted by atomic mass is 10.0. The molecule has 1 aromatic carbocycles. The largest absolute Gasteiger partial charge is 0.452 e. The van der Waals surface area contributed by atoms with E-state index in [2.05, 4.69) is 31.9 Å². The second kappa shape index (κ2) is 4.73. The molecule has 1 unspecified atom stereocenters. The number of hydrogen-bond acceptors (Lipinski definition) is 2. The standard InChI is InChI=1S/C12H11Br2NO/c1-7-8(3-2-4-9(7)13)12(15)10-5-6-11(14)16-10/h2-6,12H,15H2,1H3. The molecule has 0 aliphatic carbocycles. The maximum absolute atomic E-state index is 6.16. The summed E-state index contributed by atoms with van der Waals surface area (Å²) in [6.45, 7) is 2.04. The number of halogens is 2. The molecule has 2 rings (SSSR count). The number of rotatable bonds is 2. The van der Waals surface area contributed by atoms with E-state index in [1.165, 1.54) is 0 Å². The molecule has 2 N–H and O–H groups in total. The van der Waals surface area contributed by atoms with Crippen molar-refractivity contribution < 1.29 is 4.42 Å². The van der Waals surface area contributed by atoms with Gasteiger partial charge in [-0.25, -0.2) is 0 Å². The van der Waals surface area contributed by atoms with Gasteiger partial charge in [-0.2, -0.15) is 0 Å². The van der Waals surface area contributed by atoms with Crippen molar-refractivity contribution in [3.63, 3.8) is 0 Å². The van der Waals surface area contributed by atoms with E-state index >= 15 is 0 Å². The zero-order valence-corrected chi connectivity index (χ0v) is 11.9. The maximum Gasteiger partial charge on any atom is 0.169 e. The third-order valence-corrected chi connectivity index (χ3v) is 3.83. The van der Waals surface area contributed by atoms with Gasteiger partial charge in [0.15, 0.2) is 4.67 Å². The Labute approximate surface area is 111 Å². The fourth-order valence-corrected chi connectivity index (χ4v) is 2.31. The Bertz CT molecular complexity index is 507. The van der Waals surface area contributed by atoms with Gasteiger partial charge in [0.1, 0.15) is 5.76 Å². The van der Waals surface area contributed by atoms with E-state index in [-0.39, 0.29) is 6.04 Å². The first-order valence-electron chi connectivity index (χ1n) is 4.85. The molecule has 0 bridgehead atoms. The Morgan fingerprint density at radius 2 is 1.94 bits per heavy atom. The second-order valence-electron chi connectivity index (χ2n) is 3.57. The molecule has 16 heavy (non-hydrogen) atoms. The molecular weight excluding hydrogens is 334 g/mol. The monoisotopic (exact) mass is 343 g/mol. The Balaban J connectivity index is 2.41. The molecule has 0 saturated heterocycles. The van der Waals surface area contributed by atoms with Gasteiger partial charge in [0.2, 0.25) is 0 Å². The van der Waals surface area contributed by atoms with Crippen LogP contribution in [-0.4, -0.2) is 0 Å². The molecule has 0 fully saturated rings. The zero-order valence-electron chi connectivity index (χ0n) is 8.71. The Kier molecular flexibility index (Phi) is 3.52. The number of furan rings is 1. The van der Waals surface area contributed by atoms with Crippen molar-refractivity contribution >= 4 is 31.9 Å². The molecule has 2 aromatic rings. The average molecular weight is 345 g/mol. The minimum atomic E-state index is -0.233. The van der Waals surface area contributed by atoms with Crippen molar-refractivity contribution in [2.75, 3.05) is 0 Å². The topological polar surface area (TPSA) is 39.2 Å². The summed E-state index contributed by atoms with van der Waals surface area (Å²) in [4.78, 5) is 0. The summed E-state index contributed by atoms with van der Waals surface area (Å²) in [6, 6.07) is 9.50. The predicted molar refractivity (Wildman–Crippen MR) is 71.3 cm³/mol. The maximum atomic E-state index is 6.16. The van der Waals surface area contributed by atoms with Crippen molar-refractivity contribution in [3.8, 4) is 0 Å². The summed E-state index contributed by atoms with van der Waals surface area (Å²) in [5.74, 6) is 0.757. The van der Waals surface area contributed by atoms with Gasteiger partial charge in [-0.05, 0) is 52.2 Å².